The monoisotopic (exact) mass is 474 g/mol. The second-order valence-electron chi connectivity index (χ2n) is 9.28. The van der Waals surface area contributed by atoms with Gasteiger partial charge >= 0.3 is 0 Å². The van der Waals surface area contributed by atoms with Gasteiger partial charge in [0, 0.05) is 36.1 Å². The molecule has 0 radical (unpaired) electrons. The van der Waals surface area contributed by atoms with Gasteiger partial charge in [-0.05, 0) is 63.0 Å². The zero-order valence-electron chi connectivity index (χ0n) is 20.4. The molecule has 2 heterocycles. The molecule has 2 aromatic rings. The Morgan fingerprint density at radius 1 is 1.46 bits per heavy atom. The van der Waals surface area contributed by atoms with Gasteiger partial charge < -0.3 is 19.3 Å². The number of nitriles is 1. The third-order valence-electron chi connectivity index (χ3n) is 6.60. The predicted octanol–water partition coefficient (Wildman–Crippen LogP) is 4.29. The van der Waals surface area contributed by atoms with E-state index in [1.807, 2.05) is 32.9 Å². The van der Waals surface area contributed by atoms with E-state index in [-0.39, 0.29) is 24.0 Å². The van der Waals surface area contributed by atoms with E-state index in [2.05, 4.69) is 22.8 Å². The number of β-amino-alcohol motifs (C(OH)–C–C–N with tert-alkyl or cyclic N) is 1. The SMILES string of the molecule is C=C1/C(=C(\C=C/C)c2noc(-c3ccc(OC(C)C)c(C#N)c3)n2)CC[C@@]12CC(=O)N(CCO)C2. The smallest absolute Gasteiger partial charge is 0.258 e. The number of aliphatic hydroxyl groups is 1. The second-order valence-corrected chi connectivity index (χ2v) is 9.28. The van der Waals surface area contributed by atoms with Gasteiger partial charge in [-0.3, -0.25) is 4.79 Å². The summed E-state index contributed by atoms with van der Waals surface area (Å²) in [4.78, 5) is 18.9. The molecular formula is C27H30N4O4. The number of aromatic nitrogens is 2. The first-order valence-corrected chi connectivity index (χ1v) is 11.8. The maximum Gasteiger partial charge on any atom is 0.258 e. The Balaban J connectivity index is 1.66. The molecule has 0 bridgehead atoms. The number of benzene rings is 1. The van der Waals surface area contributed by atoms with Crippen LogP contribution in [0.25, 0.3) is 17.0 Å². The highest BCUT2D eigenvalue weighted by atomic mass is 16.5. The van der Waals surface area contributed by atoms with E-state index in [1.54, 1.807) is 23.1 Å². The van der Waals surface area contributed by atoms with Crippen LogP contribution in [0.2, 0.25) is 0 Å². The summed E-state index contributed by atoms with van der Waals surface area (Å²) in [6.45, 7) is 11.0. The molecule has 1 amide bonds. The Morgan fingerprint density at radius 3 is 2.94 bits per heavy atom. The molecule has 1 saturated carbocycles. The summed E-state index contributed by atoms with van der Waals surface area (Å²) in [7, 11) is 0. The molecule has 1 aromatic heterocycles. The third-order valence-corrected chi connectivity index (χ3v) is 6.60. The largest absolute Gasteiger partial charge is 0.490 e. The zero-order chi connectivity index (χ0) is 25.2. The molecule has 182 valence electrons. The van der Waals surface area contributed by atoms with Crippen molar-refractivity contribution in [3.63, 3.8) is 0 Å². The minimum absolute atomic E-state index is 0.0494. The van der Waals surface area contributed by atoms with E-state index in [0.29, 0.717) is 48.1 Å². The van der Waals surface area contributed by atoms with E-state index in [1.165, 1.54) is 0 Å². The van der Waals surface area contributed by atoms with Crippen molar-refractivity contribution in [2.75, 3.05) is 19.7 Å². The van der Waals surface area contributed by atoms with E-state index >= 15 is 0 Å². The molecule has 1 aliphatic heterocycles. The van der Waals surface area contributed by atoms with Gasteiger partial charge in [0.15, 0.2) is 0 Å². The molecule has 1 aliphatic carbocycles. The van der Waals surface area contributed by atoms with E-state index in [9.17, 15) is 15.2 Å². The van der Waals surface area contributed by atoms with Gasteiger partial charge in [-0.25, -0.2) is 0 Å². The van der Waals surface area contributed by atoms with Crippen molar-refractivity contribution in [1.82, 2.24) is 15.0 Å². The predicted molar refractivity (Wildman–Crippen MR) is 131 cm³/mol. The van der Waals surface area contributed by atoms with E-state index in [4.69, 9.17) is 9.26 Å². The number of rotatable bonds is 7. The minimum Gasteiger partial charge on any atom is -0.490 e. The Kier molecular flexibility index (Phi) is 6.90. The van der Waals surface area contributed by atoms with Crippen molar-refractivity contribution in [3.8, 4) is 23.3 Å². The summed E-state index contributed by atoms with van der Waals surface area (Å²) >= 11 is 0. The van der Waals surface area contributed by atoms with Crippen molar-refractivity contribution >= 4 is 11.5 Å². The number of ether oxygens (including phenoxy) is 1. The molecular weight excluding hydrogens is 444 g/mol. The first-order valence-electron chi connectivity index (χ1n) is 11.8. The van der Waals surface area contributed by atoms with Crippen molar-refractivity contribution in [3.05, 3.63) is 59.5 Å². The molecule has 1 atom stereocenters. The van der Waals surface area contributed by atoms with Gasteiger partial charge in [-0.2, -0.15) is 10.2 Å². The van der Waals surface area contributed by atoms with Crippen LogP contribution in [0.4, 0.5) is 0 Å². The van der Waals surface area contributed by atoms with Crippen LogP contribution >= 0.6 is 0 Å². The molecule has 4 rings (SSSR count). The molecule has 2 aliphatic rings. The standard InChI is InChI=1S/C27H30N4O4/c1-5-6-22(21-9-10-27(18(21)4)14-24(33)31(16-27)11-12-32)25-29-26(35-30-25)19-7-8-23(34-17(2)3)20(13-19)15-28/h5-8,13,17,32H,4,9-12,14,16H2,1-3H3/b6-5-,22-21+/t27-/m0/s1. The number of carbonyl (C=O) groups is 1. The quantitative estimate of drug-likeness (QED) is 0.637. The van der Waals surface area contributed by atoms with Gasteiger partial charge in [-0.1, -0.05) is 23.9 Å². The first kappa shape index (κ1) is 24.4. The van der Waals surface area contributed by atoms with Crippen LogP contribution in [0.5, 0.6) is 5.75 Å². The van der Waals surface area contributed by atoms with Crippen molar-refractivity contribution in [2.24, 2.45) is 5.41 Å². The highest BCUT2D eigenvalue weighted by Gasteiger charge is 2.49. The fraction of sp³-hybridized carbons (Fsp3) is 0.407. The molecule has 1 N–H and O–H groups in total. The zero-order valence-corrected chi connectivity index (χ0v) is 20.4. The summed E-state index contributed by atoms with van der Waals surface area (Å²) in [5, 5.41) is 23.1. The average molecular weight is 475 g/mol. The molecule has 1 spiro atoms. The van der Waals surface area contributed by atoms with Crippen LogP contribution in [0.1, 0.15) is 51.4 Å². The van der Waals surface area contributed by atoms with Crippen LogP contribution in [0.15, 0.2) is 52.6 Å². The Morgan fingerprint density at radius 2 is 2.26 bits per heavy atom. The summed E-state index contributed by atoms with van der Waals surface area (Å²) < 4.78 is 11.3. The maximum atomic E-state index is 12.5. The lowest BCUT2D eigenvalue weighted by Crippen LogP contribution is -2.30. The summed E-state index contributed by atoms with van der Waals surface area (Å²) in [6.07, 6.45) is 5.77. The van der Waals surface area contributed by atoms with Crippen LogP contribution in [-0.2, 0) is 4.79 Å². The van der Waals surface area contributed by atoms with Gasteiger partial charge in [0.1, 0.15) is 11.8 Å². The van der Waals surface area contributed by atoms with Gasteiger partial charge in [0.2, 0.25) is 11.7 Å². The van der Waals surface area contributed by atoms with Crippen LogP contribution in [0.3, 0.4) is 0 Å². The van der Waals surface area contributed by atoms with Crippen molar-refractivity contribution in [1.29, 1.82) is 5.26 Å². The first-order chi connectivity index (χ1) is 16.8. The lowest BCUT2D eigenvalue weighted by Gasteiger charge is -2.24. The number of hydrogen-bond donors (Lipinski definition) is 1. The lowest BCUT2D eigenvalue weighted by molar-refractivity contribution is -0.128. The van der Waals surface area contributed by atoms with Gasteiger partial charge in [-0.15, -0.1) is 0 Å². The van der Waals surface area contributed by atoms with Crippen LogP contribution in [-0.4, -0.2) is 51.9 Å². The number of allylic oxidation sites excluding steroid dienone is 4. The Labute approximate surface area is 205 Å². The number of nitrogens with zero attached hydrogens (tertiary/aromatic N) is 4. The molecule has 1 aromatic carbocycles. The number of likely N-dealkylation sites (tertiary alicyclic amines) is 1. The van der Waals surface area contributed by atoms with E-state index in [0.717, 1.165) is 29.6 Å². The third kappa shape index (κ3) is 4.64. The molecule has 35 heavy (non-hydrogen) atoms. The second kappa shape index (κ2) is 9.88. The fourth-order valence-corrected chi connectivity index (χ4v) is 4.92. The highest BCUT2D eigenvalue weighted by molar-refractivity contribution is 5.83. The Bertz CT molecular complexity index is 1250. The average Bonchev–Trinajstić information content (AvgIpc) is 3.52. The lowest BCUT2D eigenvalue weighted by atomic mass is 9.81. The van der Waals surface area contributed by atoms with E-state index < -0.39 is 0 Å². The maximum absolute atomic E-state index is 12.5. The molecule has 1 saturated heterocycles. The number of amides is 1. The van der Waals surface area contributed by atoms with Gasteiger partial charge in [0.25, 0.3) is 5.89 Å². The van der Waals surface area contributed by atoms with Gasteiger partial charge in [0.05, 0.1) is 18.3 Å². The topological polar surface area (TPSA) is 112 Å². The number of aliphatic hydroxyl groups excluding tert-OH is 1. The van der Waals surface area contributed by atoms with Crippen molar-refractivity contribution in [2.45, 2.75) is 46.1 Å². The normalized spacial score (nSPS) is 21.5. The fourth-order valence-electron chi connectivity index (χ4n) is 4.92. The van der Waals surface area contributed by atoms with Crippen LogP contribution < -0.4 is 4.74 Å². The minimum atomic E-state index is -0.324. The molecule has 8 nitrogen and oxygen atoms in total. The molecule has 0 unspecified atom stereocenters. The number of carbonyl (C=O) groups excluding carboxylic acids is 1. The Hall–Kier alpha value is -3.70. The molecule has 8 heteroatoms. The summed E-state index contributed by atoms with van der Waals surface area (Å²) in [6, 6.07) is 7.37. The highest BCUT2D eigenvalue weighted by Crippen LogP contribution is 2.53. The van der Waals surface area contributed by atoms with Crippen LogP contribution in [0, 0.1) is 16.7 Å². The summed E-state index contributed by atoms with van der Waals surface area (Å²) in [5.74, 6) is 1.30. The summed E-state index contributed by atoms with van der Waals surface area (Å²) in [5.41, 5.74) is 3.46. The molecule has 2 fully saturated rings. The number of hydrogen-bond acceptors (Lipinski definition) is 7. The van der Waals surface area contributed by atoms with Crippen molar-refractivity contribution < 1.29 is 19.2 Å².